The second-order valence-electron chi connectivity index (χ2n) is 7.26. The number of alkyl carbamates (subject to hydrolysis) is 1. The summed E-state index contributed by atoms with van der Waals surface area (Å²) in [5, 5.41) is 5.26. The Morgan fingerprint density at radius 2 is 1.69 bits per heavy atom. The van der Waals surface area contributed by atoms with E-state index in [-0.39, 0.29) is 24.6 Å². The van der Waals surface area contributed by atoms with Gasteiger partial charge in [0.25, 0.3) is 5.91 Å². The average Bonchev–Trinajstić information content (AvgIpc) is 2.68. The minimum Gasteiger partial charge on any atom is -0.489 e. The Hall–Kier alpha value is -3.35. The van der Waals surface area contributed by atoms with Crippen molar-refractivity contribution in [1.29, 1.82) is 0 Å². The summed E-state index contributed by atoms with van der Waals surface area (Å²) >= 11 is 0. The molecule has 2 amide bonds. The van der Waals surface area contributed by atoms with Crippen molar-refractivity contribution in [2.24, 2.45) is 0 Å². The number of para-hydroxylation sites is 1. The van der Waals surface area contributed by atoms with Crippen LogP contribution < -0.4 is 15.4 Å². The lowest BCUT2D eigenvalue weighted by molar-refractivity contribution is 0.0531. The maximum atomic E-state index is 13.0. The molecule has 2 aromatic carbocycles. The minimum absolute atomic E-state index is 0.0387. The predicted molar refractivity (Wildman–Crippen MR) is 110 cm³/mol. The monoisotopic (exact) mass is 400 g/mol. The number of hydrogen-bond donors (Lipinski definition) is 2. The molecule has 2 rings (SSSR count). The number of rotatable bonds is 7. The molecule has 7 heteroatoms. The summed E-state index contributed by atoms with van der Waals surface area (Å²) in [6.07, 6.45) is -0.246. The van der Waals surface area contributed by atoms with E-state index in [9.17, 15) is 14.0 Å². The molecule has 0 saturated heterocycles. The quantitative estimate of drug-likeness (QED) is 0.707. The molecule has 6 nitrogen and oxygen atoms in total. The number of nitrogens with one attached hydrogen (secondary N) is 2. The molecule has 0 bridgehead atoms. The fourth-order valence-corrected chi connectivity index (χ4v) is 2.22. The number of carbonyl (C=O) groups is 2. The van der Waals surface area contributed by atoms with E-state index in [1.165, 1.54) is 0 Å². The lowest BCUT2D eigenvalue weighted by Gasteiger charge is -2.20. The standard InChI is InChI=1S/C22H25FN2O4/c1-22(2,3)29-21(27)24-14-16(13-23)15-28-19-11-9-17(10-12-19)20(26)25-18-7-5-4-6-8-18/h4-13H,14-15H2,1-3H3,(H,24,27)(H,25,26)/b16-13-. The van der Waals surface area contributed by atoms with Crippen molar-refractivity contribution in [3.05, 3.63) is 72.1 Å². The summed E-state index contributed by atoms with van der Waals surface area (Å²) in [4.78, 5) is 23.8. The molecule has 0 unspecified atom stereocenters. The van der Waals surface area contributed by atoms with Crippen molar-refractivity contribution in [2.75, 3.05) is 18.5 Å². The van der Waals surface area contributed by atoms with Gasteiger partial charge in [-0.1, -0.05) is 18.2 Å². The second kappa shape index (κ2) is 10.3. The summed E-state index contributed by atoms with van der Waals surface area (Å²) in [5.41, 5.74) is 0.776. The molecule has 0 saturated carbocycles. The Bertz CT molecular complexity index is 843. The normalized spacial score (nSPS) is 11.5. The molecular weight excluding hydrogens is 375 g/mol. The molecule has 0 fully saturated rings. The van der Waals surface area contributed by atoms with Gasteiger partial charge in [0.15, 0.2) is 0 Å². The molecule has 0 aliphatic rings. The molecule has 154 valence electrons. The van der Waals surface area contributed by atoms with E-state index in [4.69, 9.17) is 9.47 Å². The summed E-state index contributed by atoms with van der Waals surface area (Å²) in [7, 11) is 0. The Kier molecular flexibility index (Phi) is 7.77. The van der Waals surface area contributed by atoms with Crippen LogP contribution in [-0.2, 0) is 4.74 Å². The summed E-state index contributed by atoms with van der Waals surface area (Å²) in [6.45, 7) is 5.13. The van der Waals surface area contributed by atoms with Crippen molar-refractivity contribution in [2.45, 2.75) is 26.4 Å². The van der Waals surface area contributed by atoms with Gasteiger partial charge in [-0.15, -0.1) is 0 Å². The fraction of sp³-hybridized carbons (Fsp3) is 0.273. The Morgan fingerprint density at radius 3 is 2.28 bits per heavy atom. The number of hydrogen-bond acceptors (Lipinski definition) is 4. The molecule has 0 spiro atoms. The zero-order valence-electron chi connectivity index (χ0n) is 16.7. The first-order valence-electron chi connectivity index (χ1n) is 9.11. The lowest BCUT2D eigenvalue weighted by atomic mass is 10.2. The van der Waals surface area contributed by atoms with Gasteiger partial charge in [-0.25, -0.2) is 9.18 Å². The van der Waals surface area contributed by atoms with Crippen molar-refractivity contribution in [3.63, 3.8) is 0 Å². The summed E-state index contributed by atoms with van der Waals surface area (Å²) in [6, 6.07) is 15.6. The van der Waals surface area contributed by atoms with Crippen molar-refractivity contribution in [1.82, 2.24) is 5.32 Å². The van der Waals surface area contributed by atoms with Crippen LogP contribution in [0.1, 0.15) is 31.1 Å². The van der Waals surface area contributed by atoms with Crippen molar-refractivity contribution >= 4 is 17.7 Å². The second-order valence-corrected chi connectivity index (χ2v) is 7.26. The Labute approximate surface area is 169 Å². The highest BCUT2D eigenvalue weighted by atomic mass is 19.1. The van der Waals surface area contributed by atoms with Gasteiger partial charge in [-0.3, -0.25) is 4.79 Å². The molecule has 29 heavy (non-hydrogen) atoms. The van der Waals surface area contributed by atoms with Crippen LogP contribution in [0.25, 0.3) is 0 Å². The Morgan fingerprint density at radius 1 is 1.03 bits per heavy atom. The number of carbonyl (C=O) groups excluding carboxylic acids is 2. The third-order valence-corrected chi connectivity index (χ3v) is 3.59. The van der Waals surface area contributed by atoms with Crippen molar-refractivity contribution in [3.8, 4) is 5.75 Å². The van der Waals surface area contributed by atoms with Crippen LogP contribution in [0.4, 0.5) is 14.9 Å². The average molecular weight is 400 g/mol. The number of benzene rings is 2. The molecule has 0 aromatic heterocycles. The van der Waals surface area contributed by atoms with Gasteiger partial charge in [-0.2, -0.15) is 0 Å². The van der Waals surface area contributed by atoms with Gasteiger partial charge in [0.1, 0.15) is 18.0 Å². The van der Waals surface area contributed by atoms with Crippen molar-refractivity contribution < 1.29 is 23.5 Å². The fourth-order valence-electron chi connectivity index (χ4n) is 2.22. The SMILES string of the molecule is CC(C)(C)OC(=O)NC/C(=C/F)COc1ccc(C(=O)Nc2ccccc2)cc1. The molecular formula is C22H25FN2O4. The minimum atomic E-state index is -0.634. The summed E-state index contributed by atoms with van der Waals surface area (Å²) < 4.78 is 23.6. The molecule has 0 heterocycles. The largest absolute Gasteiger partial charge is 0.489 e. The van der Waals surface area contributed by atoms with Crippen LogP contribution >= 0.6 is 0 Å². The zero-order valence-corrected chi connectivity index (χ0v) is 16.7. The van der Waals surface area contributed by atoms with Crippen LogP contribution in [0.15, 0.2) is 66.5 Å². The number of anilines is 1. The van der Waals surface area contributed by atoms with Gasteiger partial charge in [0, 0.05) is 23.4 Å². The third-order valence-electron chi connectivity index (χ3n) is 3.59. The predicted octanol–water partition coefficient (Wildman–Crippen LogP) is 4.70. The third kappa shape index (κ3) is 8.04. The first-order chi connectivity index (χ1) is 13.8. The van der Waals surface area contributed by atoms with E-state index in [0.29, 0.717) is 23.3 Å². The molecule has 0 aliphatic heterocycles. The highest BCUT2D eigenvalue weighted by Gasteiger charge is 2.16. The highest BCUT2D eigenvalue weighted by Crippen LogP contribution is 2.15. The molecule has 2 aromatic rings. The molecule has 2 N–H and O–H groups in total. The topological polar surface area (TPSA) is 76.7 Å². The summed E-state index contributed by atoms with van der Waals surface area (Å²) in [5.74, 6) is 0.228. The van der Waals surface area contributed by atoms with E-state index in [0.717, 1.165) is 0 Å². The number of ether oxygens (including phenoxy) is 2. The Balaban J connectivity index is 1.82. The van der Waals surface area contributed by atoms with Crippen LogP contribution in [0.3, 0.4) is 0 Å². The van der Waals surface area contributed by atoms with E-state index < -0.39 is 11.7 Å². The number of amides is 2. The lowest BCUT2D eigenvalue weighted by Crippen LogP contribution is -2.34. The van der Waals surface area contributed by atoms with E-state index >= 15 is 0 Å². The van der Waals surface area contributed by atoms with Gasteiger partial charge in [0.05, 0.1) is 6.33 Å². The first kappa shape index (κ1) is 21.9. The maximum absolute atomic E-state index is 13.0. The van der Waals surface area contributed by atoms with Gasteiger partial charge < -0.3 is 20.1 Å². The van der Waals surface area contributed by atoms with Crippen LogP contribution in [0.5, 0.6) is 5.75 Å². The van der Waals surface area contributed by atoms with Gasteiger partial charge >= 0.3 is 6.09 Å². The smallest absolute Gasteiger partial charge is 0.407 e. The highest BCUT2D eigenvalue weighted by molar-refractivity contribution is 6.04. The first-order valence-corrected chi connectivity index (χ1v) is 9.11. The van der Waals surface area contributed by atoms with Gasteiger partial charge in [0.2, 0.25) is 0 Å². The van der Waals surface area contributed by atoms with Crippen LogP contribution in [0.2, 0.25) is 0 Å². The van der Waals surface area contributed by atoms with E-state index in [1.807, 2.05) is 18.2 Å². The van der Waals surface area contributed by atoms with E-state index in [1.54, 1.807) is 57.2 Å². The molecule has 0 radical (unpaired) electrons. The van der Waals surface area contributed by atoms with Crippen LogP contribution in [0, 0.1) is 0 Å². The molecule has 0 aliphatic carbocycles. The van der Waals surface area contributed by atoms with E-state index in [2.05, 4.69) is 10.6 Å². The zero-order chi connectivity index (χ0) is 21.3. The number of halogens is 1. The molecule has 0 atom stereocenters. The van der Waals surface area contributed by atoms with Crippen LogP contribution in [-0.4, -0.2) is 30.8 Å². The van der Waals surface area contributed by atoms with Gasteiger partial charge in [-0.05, 0) is 57.2 Å². The maximum Gasteiger partial charge on any atom is 0.407 e.